The van der Waals surface area contributed by atoms with Gasteiger partial charge in [-0.3, -0.25) is 9.78 Å². The number of aromatic nitrogens is 2. The summed E-state index contributed by atoms with van der Waals surface area (Å²) in [6, 6.07) is 10.5. The number of halogens is 3. The Kier molecular flexibility index (Phi) is 5.33. The average Bonchev–Trinajstić information content (AvgIpc) is 2.69. The Morgan fingerprint density at radius 2 is 1.62 bits per heavy atom. The van der Waals surface area contributed by atoms with Crippen molar-refractivity contribution in [1.82, 2.24) is 9.97 Å². The van der Waals surface area contributed by atoms with E-state index in [4.69, 9.17) is 4.74 Å². The Bertz CT molecular complexity index is 1170. The Hall–Kier alpha value is -3.34. The zero-order chi connectivity index (χ0) is 21.2. The number of benzene rings is 1. The lowest BCUT2D eigenvalue weighted by Gasteiger charge is -2.14. The summed E-state index contributed by atoms with van der Waals surface area (Å²) in [5, 5.41) is 0. The minimum absolute atomic E-state index is 0.242. The molecule has 152 valence electrons. The maximum atomic E-state index is 12.7. The van der Waals surface area contributed by atoms with Gasteiger partial charge in [0, 0.05) is 23.5 Å². The summed E-state index contributed by atoms with van der Waals surface area (Å²) in [5.74, 6) is -0.481. The van der Waals surface area contributed by atoms with Crippen LogP contribution in [0.15, 0.2) is 59.7 Å². The highest BCUT2D eigenvalue weighted by Crippen LogP contribution is 2.33. The number of methoxy groups -OCH3 is 1. The van der Waals surface area contributed by atoms with E-state index < -0.39 is 26.9 Å². The first kappa shape index (κ1) is 20.4. The lowest BCUT2D eigenvalue weighted by atomic mass is 9.99. The number of H-pyrrole nitrogens is 1. The Morgan fingerprint density at radius 1 is 1.00 bits per heavy atom. The summed E-state index contributed by atoms with van der Waals surface area (Å²) < 4.78 is 69.8. The van der Waals surface area contributed by atoms with Gasteiger partial charge in [0.1, 0.15) is 5.75 Å². The fourth-order valence-corrected chi connectivity index (χ4v) is 2.94. The van der Waals surface area contributed by atoms with Gasteiger partial charge in [0.15, 0.2) is 0 Å². The molecule has 3 rings (SSSR count). The van der Waals surface area contributed by atoms with Crippen LogP contribution in [-0.2, 0) is 10.1 Å². The normalized spacial score (nSPS) is 11.9. The molecule has 0 atom stereocenters. The second-order valence-corrected chi connectivity index (χ2v) is 7.24. The van der Waals surface area contributed by atoms with Crippen LogP contribution in [0.4, 0.5) is 13.2 Å². The zero-order valence-electron chi connectivity index (χ0n) is 14.7. The Balaban J connectivity index is 2.20. The molecule has 0 aliphatic heterocycles. The molecular weight excluding hydrogens is 413 g/mol. The average molecular weight is 426 g/mol. The fourth-order valence-electron chi connectivity index (χ4n) is 2.48. The first-order valence-electron chi connectivity index (χ1n) is 7.95. The molecule has 0 saturated carbocycles. The molecule has 1 aromatic carbocycles. The van der Waals surface area contributed by atoms with Gasteiger partial charge in [-0.05, 0) is 35.9 Å². The number of alkyl halides is 3. The summed E-state index contributed by atoms with van der Waals surface area (Å²) >= 11 is 0. The van der Waals surface area contributed by atoms with Crippen molar-refractivity contribution in [1.29, 1.82) is 0 Å². The molecule has 11 heteroatoms. The van der Waals surface area contributed by atoms with Crippen LogP contribution >= 0.6 is 0 Å². The number of pyridine rings is 2. The molecule has 2 heterocycles. The number of rotatable bonds is 5. The summed E-state index contributed by atoms with van der Waals surface area (Å²) in [5.41, 5.74) is -5.34. The highest BCUT2D eigenvalue weighted by molar-refractivity contribution is 7.88. The van der Waals surface area contributed by atoms with Crippen molar-refractivity contribution in [3.8, 4) is 33.9 Å². The van der Waals surface area contributed by atoms with E-state index in [2.05, 4.69) is 14.2 Å². The quantitative estimate of drug-likeness (QED) is 0.496. The van der Waals surface area contributed by atoms with Crippen molar-refractivity contribution in [2.45, 2.75) is 5.51 Å². The van der Waals surface area contributed by atoms with Gasteiger partial charge in [-0.1, -0.05) is 12.1 Å². The molecule has 0 spiro atoms. The van der Waals surface area contributed by atoms with Crippen LogP contribution in [0.2, 0.25) is 0 Å². The molecule has 2 aromatic heterocycles. The van der Waals surface area contributed by atoms with Crippen LogP contribution in [0.3, 0.4) is 0 Å². The summed E-state index contributed by atoms with van der Waals surface area (Å²) in [4.78, 5) is 18.5. The van der Waals surface area contributed by atoms with E-state index in [0.29, 0.717) is 16.9 Å². The monoisotopic (exact) mass is 426 g/mol. The molecule has 0 unspecified atom stereocenters. The van der Waals surface area contributed by atoms with Gasteiger partial charge >= 0.3 is 15.6 Å². The fraction of sp³-hybridized carbons (Fsp3) is 0.111. The van der Waals surface area contributed by atoms with Crippen LogP contribution in [0, 0.1) is 0 Å². The molecule has 0 fully saturated rings. The predicted octanol–water partition coefficient (Wildman–Crippen LogP) is 3.34. The van der Waals surface area contributed by atoms with Gasteiger partial charge < -0.3 is 13.9 Å². The Labute approximate surface area is 162 Å². The second kappa shape index (κ2) is 7.59. The number of hydrogen-bond acceptors (Lipinski definition) is 6. The first-order valence-corrected chi connectivity index (χ1v) is 9.36. The van der Waals surface area contributed by atoms with Gasteiger partial charge in [0.25, 0.3) is 5.56 Å². The molecule has 0 bridgehead atoms. The molecule has 7 nitrogen and oxygen atoms in total. The van der Waals surface area contributed by atoms with E-state index in [1.165, 1.54) is 19.5 Å². The molecule has 0 aliphatic rings. The van der Waals surface area contributed by atoms with Gasteiger partial charge in [-0.25, -0.2) is 0 Å². The minimum Gasteiger partial charge on any atom is -0.497 e. The third kappa shape index (κ3) is 4.24. The summed E-state index contributed by atoms with van der Waals surface area (Å²) in [7, 11) is -4.55. The highest BCUT2D eigenvalue weighted by Gasteiger charge is 2.49. The van der Waals surface area contributed by atoms with E-state index in [1.807, 2.05) is 0 Å². The van der Waals surface area contributed by atoms with Crippen molar-refractivity contribution in [2.75, 3.05) is 7.11 Å². The number of nitrogens with one attached hydrogen (secondary N) is 1. The third-order valence-electron chi connectivity index (χ3n) is 3.86. The van der Waals surface area contributed by atoms with E-state index in [1.54, 1.807) is 36.4 Å². The number of nitrogens with zero attached hydrogens (tertiary/aromatic N) is 1. The topological polar surface area (TPSA) is 98.4 Å². The SMILES string of the molecule is COc1ccc(-c2cc(OS(=O)(=O)C(F)(F)F)c(=O)[nH]c2-c2ccncc2)cc1. The summed E-state index contributed by atoms with van der Waals surface area (Å²) in [6.07, 6.45) is 2.92. The van der Waals surface area contributed by atoms with Crippen molar-refractivity contribution >= 4 is 10.1 Å². The van der Waals surface area contributed by atoms with Crippen molar-refractivity contribution in [2.24, 2.45) is 0 Å². The molecular formula is C18H13F3N2O5S. The molecule has 0 aliphatic carbocycles. The largest absolute Gasteiger partial charge is 0.534 e. The number of aromatic amines is 1. The highest BCUT2D eigenvalue weighted by atomic mass is 32.2. The first-order chi connectivity index (χ1) is 13.6. The number of hydrogen-bond donors (Lipinski definition) is 1. The minimum atomic E-state index is -6.01. The predicted molar refractivity (Wildman–Crippen MR) is 97.9 cm³/mol. The van der Waals surface area contributed by atoms with Crippen LogP contribution in [0.25, 0.3) is 22.4 Å². The van der Waals surface area contributed by atoms with E-state index in [0.717, 1.165) is 6.07 Å². The summed E-state index contributed by atoms with van der Waals surface area (Å²) in [6.45, 7) is 0. The number of ether oxygens (including phenoxy) is 1. The van der Waals surface area contributed by atoms with Crippen molar-refractivity contribution < 1.29 is 30.5 Å². The third-order valence-corrected chi connectivity index (χ3v) is 4.83. The van der Waals surface area contributed by atoms with Crippen molar-refractivity contribution in [3.05, 3.63) is 65.2 Å². The molecule has 0 amide bonds. The van der Waals surface area contributed by atoms with Gasteiger partial charge in [0.2, 0.25) is 5.75 Å². The second-order valence-electron chi connectivity index (χ2n) is 5.70. The maximum Gasteiger partial charge on any atom is 0.534 e. The van der Waals surface area contributed by atoms with E-state index in [-0.39, 0.29) is 11.3 Å². The van der Waals surface area contributed by atoms with Crippen LogP contribution < -0.4 is 14.5 Å². The molecule has 1 N–H and O–H groups in total. The Morgan fingerprint density at radius 3 is 2.17 bits per heavy atom. The van der Waals surface area contributed by atoms with Gasteiger partial charge in [-0.15, -0.1) is 0 Å². The lowest BCUT2D eigenvalue weighted by molar-refractivity contribution is -0.0500. The zero-order valence-corrected chi connectivity index (χ0v) is 15.5. The molecule has 0 saturated heterocycles. The maximum absolute atomic E-state index is 12.7. The smallest absolute Gasteiger partial charge is 0.497 e. The van der Waals surface area contributed by atoms with Crippen LogP contribution in [0.1, 0.15) is 0 Å². The molecule has 3 aromatic rings. The van der Waals surface area contributed by atoms with E-state index >= 15 is 0 Å². The van der Waals surface area contributed by atoms with Crippen molar-refractivity contribution in [3.63, 3.8) is 0 Å². The van der Waals surface area contributed by atoms with E-state index in [9.17, 15) is 26.4 Å². The molecule has 0 radical (unpaired) electrons. The van der Waals surface area contributed by atoms with Crippen LogP contribution in [0.5, 0.6) is 11.5 Å². The van der Waals surface area contributed by atoms with Crippen LogP contribution in [-0.4, -0.2) is 31.0 Å². The van der Waals surface area contributed by atoms with Gasteiger partial charge in [0.05, 0.1) is 12.8 Å². The standard InChI is InChI=1S/C18H13F3N2O5S/c1-27-13-4-2-11(3-5-13)14-10-15(28-29(25,26)18(19,20)21)17(24)23-16(14)12-6-8-22-9-7-12/h2-10H,1H3,(H,23,24). The van der Waals surface area contributed by atoms with Gasteiger partial charge in [-0.2, -0.15) is 21.6 Å². The molecule has 29 heavy (non-hydrogen) atoms. The lowest BCUT2D eigenvalue weighted by Crippen LogP contribution is -2.30.